The molecule has 0 aromatic carbocycles. The lowest BCUT2D eigenvalue weighted by atomic mass is 10.6. The molecule has 0 bridgehead atoms. The Labute approximate surface area is 78.3 Å². The van der Waals surface area contributed by atoms with Gasteiger partial charge in [-0.25, -0.2) is 9.79 Å². The third-order valence-corrected chi connectivity index (χ3v) is 1.11. The summed E-state index contributed by atoms with van der Waals surface area (Å²) in [5.74, 6) is 0.0729. The Morgan fingerprint density at radius 1 is 1.46 bits per heavy atom. The van der Waals surface area contributed by atoms with Gasteiger partial charge in [-0.05, 0) is 13.8 Å². The van der Waals surface area contributed by atoms with Gasteiger partial charge in [0.25, 0.3) is 0 Å². The zero-order valence-corrected chi connectivity index (χ0v) is 8.24. The maximum Gasteiger partial charge on any atom is 0.344 e. The molecular weight excluding hydrogens is 170 g/mol. The summed E-state index contributed by atoms with van der Waals surface area (Å²) in [4.78, 5) is 14.7. The molecule has 0 saturated carbocycles. The minimum absolute atomic E-state index is 0.0826. The molecule has 0 aliphatic carbocycles. The standard InChI is InChI=1S/C9H15NO3/c1-4-6-10-8(3)13-7-9(11)12-5-2/h4,6H,5,7H2,1-3H3/b6-4-,10-8?. The van der Waals surface area contributed by atoms with Gasteiger partial charge in [0.2, 0.25) is 0 Å². The molecule has 0 aliphatic heterocycles. The number of ether oxygens (including phenoxy) is 2. The van der Waals surface area contributed by atoms with E-state index in [1.165, 1.54) is 0 Å². The van der Waals surface area contributed by atoms with E-state index in [2.05, 4.69) is 9.73 Å². The van der Waals surface area contributed by atoms with Crippen molar-refractivity contribution in [3.8, 4) is 0 Å². The van der Waals surface area contributed by atoms with Gasteiger partial charge in [-0.3, -0.25) is 0 Å². The molecule has 0 aromatic rings. The van der Waals surface area contributed by atoms with E-state index in [-0.39, 0.29) is 12.6 Å². The van der Waals surface area contributed by atoms with E-state index < -0.39 is 0 Å². The van der Waals surface area contributed by atoms with Gasteiger partial charge >= 0.3 is 5.97 Å². The topological polar surface area (TPSA) is 47.9 Å². The molecule has 0 N–H and O–H groups in total. The fourth-order valence-corrected chi connectivity index (χ4v) is 0.583. The van der Waals surface area contributed by atoms with Gasteiger partial charge in [0.1, 0.15) is 0 Å². The molecule has 0 unspecified atom stereocenters. The third kappa shape index (κ3) is 7.05. The molecule has 0 heterocycles. The number of aliphatic imine (C=N–C) groups is 1. The molecule has 0 amide bonds. The number of allylic oxidation sites excluding steroid dienone is 1. The van der Waals surface area contributed by atoms with Crippen molar-refractivity contribution in [2.75, 3.05) is 13.2 Å². The minimum atomic E-state index is -0.377. The molecule has 0 rings (SSSR count). The van der Waals surface area contributed by atoms with Crippen molar-refractivity contribution < 1.29 is 14.3 Å². The summed E-state index contributed by atoms with van der Waals surface area (Å²) in [5, 5.41) is 0. The van der Waals surface area contributed by atoms with Crippen LogP contribution in [0.4, 0.5) is 0 Å². The highest BCUT2D eigenvalue weighted by atomic mass is 16.6. The van der Waals surface area contributed by atoms with Crippen LogP contribution < -0.4 is 0 Å². The van der Waals surface area contributed by atoms with Crippen molar-refractivity contribution in [3.05, 3.63) is 12.3 Å². The van der Waals surface area contributed by atoms with E-state index in [1.54, 1.807) is 26.1 Å². The summed E-state index contributed by atoms with van der Waals surface area (Å²) in [5.41, 5.74) is 0. The van der Waals surface area contributed by atoms with E-state index in [1.807, 2.05) is 6.92 Å². The molecule has 4 heteroatoms. The van der Waals surface area contributed by atoms with Crippen LogP contribution in [0.15, 0.2) is 17.3 Å². The Bertz CT molecular complexity index is 209. The van der Waals surface area contributed by atoms with Crippen LogP contribution in [-0.4, -0.2) is 25.1 Å². The zero-order chi connectivity index (χ0) is 10.1. The quantitative estimate of drug-likeness (QED) is 0.379. The predicted octanol–water partition coefficient (Wildman–Crippen LogP) is 1.52. The average molecular weight is 185 g/mol. The van der Waals surface area contributed by atoms with E-state index >= 15 is 0 Å². The molecule has 0 atom stereocenters. The maximum absolute atomic E-state index is 10.8. The minimum Gasteiger partial charge on any atom is -0.469 e. The lowest BCUT2D eigenvalue weighted by Gasteiger charge is -2.03. The molecule has 0 spiro atoms. The maximum atomic E-state index is 10.8. The Hall–Kier alpha value is -1.32. The van der Waals surface area contributed by atoms with E-state index in [9.17, 15) is 4.79 Å². The fraction of sp³-hybridized carbons (Fsp3) is 0.556. The summed E-state index contributed by atoms with van der Waals surface area (Å²) >= 11 is 0. The van der Waals surface area contributed by atoms with Crippen LogP contribution in [0.5, 0.6) is 0 Å². The first kappa shape index (κ1) is 11.7. The molecule has 4 nitrogen and oxygen atoms in total. The van der Waals surface area contributed by atoms with Crippen molar-refractivity contribution in [1.82, 2.24) is 0 Å². The van der Waals surface area contributed by atoms with Gasteiger partial charge in [0.05, 0.1) is 6.61 Å². The number of carbonyl (C=O) groups is 1. The molecular formula is C9H15NO3. The predicted molar refractivity (Wildman–Crippen MR) is 50.5 cm³/mol. The third-order valence-electron chi connectivity index (χ3n) is 1.11. The summed E-state index contributed by atoms with van der Waals surface area (Å²) in [6.07, 6.45) is 3.37. The van der Waals surface area contributed by atoms with Crippen molar-refractivity contribution in [2.24, 2.45) is 4.99 Å². The van der Waals surface area contributed by atoms with E-state index in [4.69, 9.17) is 4.74 Å². The monoisotopic (exact) mass is 185 g/mol. The van der Waals surface area contributed by atoms with Gasteiger partial charge in [0, 0.05) is 13.1 Å². The Morgan fingerprint density at radius 3 is 2.69 bits per heavy atom. The summed E-state index contributed by atoms with van der Waals surface area (Å²) in [7, 11) is 0. The Balaban J connectivity index is 3.69. The van der Waals surface area contributed by atoms with Crippen LogP contribution in [0.25, 0.3) is 0 Å². The first-order valence-electron chi connectivity index (χ1n) is 4.14. The van der Waals surface area contributed by atoms with Crippen LogP contribution in [0.2, 0.25) is 0 Å². The highest BCUT2D eigenvalue weighted by Gasteiger charge is 2.01. The van der Waals surface area contributed by atoms with Gasteiger partial charge in [0.15, 0.2) is 12.5 Å². The summed E-state index contributed by atoms with van der Waals surface area (Å²) < 4.78 is 9.64. The lowest BCUT2D eigenvalue weighted by molar-refractivity contribution is -0.145. The highest BCUT2D eigenvalue weighted by molar-refractivity contribution is 5.78. The van der Waals surface area contributed by atoms with Gasteiger partial charge in [-0.15, -0.1) is 0 Å². The van der Waals surface area contributed by atoms with Gasteiger partial charge < -0.3 is 9.47 Å². The second-order valence-electron chi connectivity index (χ2n) is 2.22. The van der Waals surface area contributed by atoms with Crippen molar-refractivity contribution in [2.45, 2.75) is 20.8 Å². The SMILES string of the molecule is C/C=C\N=C(C)OCC(=O)OCC. The summed E-state index contributed by atoms with van der Waals surface area (Å²) in [6.45, 7) is 5.56. The summed E-state index contributed by atoms with van der Waals surface area (Å²) in [6, 6.07) is 0. The van der Waals surface area contributed by atoms with Crippen LogP contribution >= 0.6 is 0 Å². The van der Waals surface area contributed by atoms with Crippen LogP contribution in [-0.2, 0) is 14.3 Å². The molecule has 74 valence electrons. The number of esters is 1. The molecule has 0 radical (unpaired) electrons. The van der Waals surface area contributed by atoms with E-state index in [0.29, 0.717) is 12.5 Å². The number of nitrogens with zero attached hydrogens (tertiary/aromatic N) is 1. The fourth-order valence-electron chi connectivity index (χ4n) is 0.583. The van der Waals surface area contributed by atoms with Crippen LogP contribution in [0.1, 0.15) is 20.8 Å². The molecule has 0 aliphatic rings. The van der Waals surface area contributed by atoms with Crippen LogP contribution in [0.3, 0.4) is 0 Å². The normalized spacial score (nSPS) is 11.8. The van der Waals surface area contributed by atoms with Gasteiger partial charge in [-0.2, -0.15) is 0 Å². The number of carbonyl (C=O) groups excluding carboxylic acids is 1. The first-order chi connectivity index (χ1) is 6.20. The van der Waals surface area contributed by atoms with Crippen LogP contribution in [0, 0.1) is 0 Å². The zero-order valence-electron chi connectivity index (χ0n) is 8.24. The number of hydrogen-bond donors (Lipinski definition) is 0. The molecule has 0 aromatic heterocycles. The highest BCUT2D eigenvalue weighted by Crippen LogP contribution is 1.86. The number of rotatable bonds is 4. The molecule has 0 fully saturated rings. The molecule has 13 heavy (non-hydrogen) atoms. The van der Waals surface area contributed by atoms with Crippen molar-refractivity contribution >= 4 is 11.9 Å². The Kier molecular flexibility index (Phi) is 6.59. The lowest BCUT2D eigenvalue weighted by Crippen LogP contribution is -2.14. The Morgan fingerprint density at radius 2 is 2.15 bits per heavy atom. The average Bonchev–Trinajstić information content (AvgIpc) is 2.12. The first-order valence-corrected chi connectivity index (χ1v) is 4.14. The smallest absolute Gasteiger partial charge is 0.344 e. The van der Waals surface area contributed by atoms with E-state index in [0.717, 1.165) is 0 Å². The second kappa shape index (κ2) is 7.34. The number of hydrogen-bond acceptors (Lipinski definition) is 4. The largest absolute Gasteiger partial charge is 0.469 e. The van der Waals surface area contributed by atoms with Crippen molar-refractivity contribution in [1.29, 1.82) is 0 Å². The van der Waals surface area contributed by atoms with Gasteiger partial charge in [-0.1, -0.05) is 6.08 Å². The second-order valence-corrected chi connectivity index (χ2v) is 2.22. The van der Waals surface area contributed by atoms with Crippen molar-refractivity contribution in [3.63, 3.8) is 0 Å². The molecule has 0 saturated heterocycles.